The maximum Gasteiger partial charge on any atom is 0.238 e. The molecule has 19 heavy (non-hydrogen) atoms. The topological polar surface area (TPSA) is 89.4 Å². The third-order valence-electron chi connectivity index (χ3n) is 3.82. The molecule has 106 valence electrons. The minimum atomic E-state index is -3.74. The number of benzene rings is 1. The number of nitrogens with two attached hydrogens (primary N) is 2. The maximum absolute atomic E-state index is 11.6. The largest absolute Gasteiger partial charge is 0.399 e. The predicted octanol–water partition coefficient (Wildman–Crippen LogP) is 1.60. The maximum atomic E-state index is 11.6. The fourth-order valence-electron chi connectivity index (χ4n) is 2.86. The van der Waals surface area contributed by atoms with E-state index in [1.165, 1.54) is 6.07 Å². The highest BCUT2D eigenvalue weighted by Crippen LogP contribution is 2.34. The quantitative estimate of drug-likeness (QED) is 0.825. The van der Waals surface area contributed by atoms with E-state index in [2.05, 4.69) is 11.8 Å². The van der Waals surface area contributed by atoms with Crippen molar-refractivity contribution in [3.05, 3.63) is 17.7 Å². The molecule has 1 aromatic rings. The summed E-state index contributed by atoms with van der Waals surface area (Å²) in [7, 11) is -3.74. The molecule has 0 aromatic heterocycles. The van der Waals surface area contributed by atoms with Crippen LogP contribution in [-0.4, -0.2) is 21.0 Å². The van der Waals surface area contributed by atoms with Gasteiger partial charge in [-0.25, -0.2) is 13.6 Å². The zero-order chi connectivity index (χ0) is 14.2. The normalized spacial score (nSPS) is 19.9. The van der Waals surface area contributed by atoms with E-state index in [-0.39, 0.29) is 4.90 Å². The van der Waals surface area contributed by atoms with Crippen molar-refractivity contribution < 1.29 is 8.42 Å². The van der Waals surface area contributed by atoms with Crippen LogP contribution in [0, 0.1) is 6.92 Å². The summed E-state index contributed by atoms with van der Waals surface area (Å²) in [6, 6.07) is 3.73. The number of sulfonamides is 1. The van der Waals surface area contributed by atoms with Crippen molar-refractivity contribution in [2.75, 3.05) is 17.2 Å². The van der Waals surface area contributed by atoms with Crippen LogP contribution < -0.4 is 15.8 Å². The van der Waals surface area contributed by atoms with E-state index < -0.39 is 10.0 Å². The first-order chi connectivity index (χ1) is 8.84. The molecule has 0 bridgehead atoms. The van der Waals surface area contributed by atoms with Gasteiger partial charge in [0.15, 0.2) is 0 Å². The van der Waals surface area contributed by atoms with E-state index in [0.717, 1.165) is 31.5 Å². The van der Waals surface area contributed by atoms with Crippen LogP contribution in [-0.2, 0) is 10.0 Å². The van der Waals surface area contributed by atoms with Crippen molar-refractivity contribution in [2.24, 2.45) is 5.14 Å². The molecule has 1 atom stereocenters. The zero-order valence-corrected chi connectivity index (χ0v) is 12.2. The molecule has 0 saturated carbocycles. The molecular formula is C13H21N3O2S. The second-order valence-corrected chi connectivity index (χ2v) is 6.64. The standard InChI is InChI=1S/C13H21N3O2S/c1-3-11-5-4-6-16(11)12-7-10(14)8-13(9(12)2)19(15,17)18/h7-8,11H,3-6,14H2,1-2H3,(H2,15,17,18). The minimum absolute atomic E-state index is 0.129. The molecule has 0 spiro atoms. The molecule has 0 amide bonds. The molecule has 5 nitrogen and oxygen atoms in total. The summed E-state index contributed by atoms with van der Waals surface area (Å²) in [6.07, 6.45) is 3.30. The van der Waals surface area contributed by atoms with E-state index in [1.807, 2.05) is 6.07 Å². The molecule has 1 aliphatic rings. The number of anilines is 2. The first-order valence-corrected chi connectivity index (χ1v) is 8.08. The SMILES string of the molecule is CCC1CCCN1c1cc(N)cc(S(N)(=O)=O)c1C. The Kier molecular flexibility index (Phi) is 3.73. The van der Waals surface area contributed by atoms with Gasteiger partial charge in [-0.2, -0.15) is 0 Å². The molecule has 1 saturated heterocycles. The molecule has 4 N–H and O–H groups in total. The minimum Gasteiger partial charge on any atom is -0.399 e. The van der Waals surface area contributed by atoms with E-state index in [1.54, 1.807) is 6.92 Å². The smallest absolute Gasteiger partial charge is 0.238 e. The number of hydrogen-bond acceptors (Lipinski definition) is 4. The van der Waals surface area contributed by atoms with Gasteiger partial charge in [-0.1, -0.05) is 6.92 Å². The molecule has 1 unspecified atom stereocenters. The summed E-state index contributed by atoms with van der Waals surface area (Å²) in [6.45, 7) is 4.87. The molecule has 1 fully saturated rings. The van der Waals surface area contributed by atoms with E-state index >= 15 is 0 Å². The molecule has 0 radical (unpaired) electrons. The fraction of sp³-hybridized carbons (Fsp3) is 0.538. The number of rotatable bonds is 3. The van der Waals surface area contributed by atoms with Crippen molar-refractivity contribution in [1.29, 1.82) is 0 Å². The van der Waals surface area contributed by atoms with Crippen LogP contribution in [0.3, 0.4) is 0 Å². The lowest BCUT2D eigenvalue weighted by atomic mass is 10.1. The Morgan fingerprint density at radius 3 is 2.68 bits per heavy atom. The molecule has 1 aliphatic heterocycles. The predicted molar refractivity (Wildman–Crippen MR) is 77.6 cm³/mol. The van der Waals surface area contributed by atoms with E-state index in [4.69, 9.17) is 10.9 Å². The second kappa shape index (κ2) is 5.02. The highest BCUT2D eigenvalue weighted by molar-refractivity contribution is 7.89. The van der Waals surface area contributed by atoms with Crippen LogP contribution in [0.4, 0.5) is 11.4 Å². The second-order valence-electron chi connectivity index (χ2n) is 5.11. The number of nitrogens with zero attached hydrogens (tertiary/aromatic N) is 1. The lowest BCUT2D eigenvalue weighted by Gasteiger charge is -2.28. The van der Waals surface area contributed by atoms with Crippen LogP contribution in [0.15, 0.2) is 17.0 Å². The Morgan fingerprint density at radius 2 is 2.11 bits per heavy atom. The first-order valence-electron chi connectivity index (χ1n) is 6.54. The molecule has 0 aliphatic carbocycles. The monoisotopic (exact) mass is 283 g/mol. The Labute approximate surface area is 114 Å². The average Bonchev–Trinajstić information content (AvgIpc) is 2.78. The van der Waals surface area contributed by atoms with E-state index in [9.17, 15) is 8.42 Å². The average molecular weight is 283 g/mol. The van der Waals surface area contributed by atoms with Gasteiger partial charge in [-0.05, 0) is 43.9 Å². The van der Waals surface area contributed by atoms with Gasteiger partial charge < -0.3 is 10.6 Å². The Hall–Kier alpha value is -1.27. The molecule has 6 heteroatoms. The number of primary sulfonamides is 1. The summed E-state index contributed by atoms with van der Waals surface area (Å²) in [5.41, 5.74) is 7.86. The van der Waals surface area contributed by atoms with Gasteiger partial charge in [0.1, 0.15) is 0 Å². The van der Waals surface area contributed by atoms with Crippen LogP contribution in [0.1, 0.15) is 31.7 Å². The summed E-state index contributed by atoms with van der Waals surface area (Å²) in [5.74, 6) is 0. The zero-order valence-electron chi connectivity index (χ0n) is 11.4. The summed E-state index contributed by atoms with van der Waals surface area (Å²) in [4.78, 5) is 2.38. The van der Waals surface area contributed by atoms with Gasteiger partial charge in [-0.15, -0.1) is 0 Å². The Balaban J connectivity index is 2.55. The van der Waals surface area contributed by atoms with Gasteiger partial charge in [0.05, 0.1) is 4.90 Å². The number of hydrogen-bond donors (Lipinski definition) is 2. The fourth-order valence-corrected chi connectivity index (χ4v) is 3.70. The van der Waals surface area contributed by atoms with Gasteiger partial charge in [0.2, 0.25) is 10.0 Å². The van der Waals surface area contributed by atoms with Crippen molar-refractivity contribution >= 4 is 21.4 Å². The van der Waals surface area contributed by atoms with Crippen LogP contribution in [0.5, 0.6) is 0 Å². The van der Waals surface area contributed by atoms with Crippen LogP contribution >= 0.6 is 0 Å². The summed E-state index contributed by atoms with van der Waals surface area (Å²) >= 11 is 0. The third kappa shape index (κ3) is 2.69. The lowest BCUT2D eigenvalue weighted by molar-refractivity contribution is 0.597. The van der Waals surface area contributed by atoms with Gasteiger partial charge in [-0.3, -0.25) is 0 Å². The summed E-state index contributed by atoms with van der Waals surface area (Å²) in [5, 5.41) is 5.26. The highest BCUT2D eigenvalue weighted by atomic mass is 32.2. The van der Waals surface area contributed by atoms with Crippen LogP contribution in [0.2, 0.25) is 0 Å². The first kappa shape index (κ1) is 14.1. The molecule has 2 rings (SSSR count). The van der Waals surface area contributed by atoms with Gasteiger partial charge >= 0.3 is 0 Å². The van der Waals surface area contributed by atoms with Gasteiger partial charge in [0.25, 0.3) is 0 Å². The van der Waals surface area contributed by atoms with Crippen molar-refractivity contribution in [2.45, 2.75) is 44.0 Å². The van der Waals surface area contributed by atoms with Crippen LogP contribution in [0.25, 0.3) is 0 Å². The highest BCUT2D eigenvalue weighted by Gasteiger charge is 2.26. The Morgan fingerprint density at radius 1 is 1.42 bits per heavy atom. The summed E-state index contributed by atoms with van der Waals surface area (Å²) < 4.78 is 23.3. The van der Waals surface area contributed by atoms with Crippen molar-refractivity contribution in [3.63, 3.8) is 0 Å². The van der Waals surface area contributed by atoms with Gasteiger partial charge in [0, 0.05) is 24.0 Å². The molecule has 1 aromatic carbocycles. The third-order valence-corrected chi connectivity index (χ3v) is 4.86. The van der Waals surface area contributed by atoms with E-state index in [0.29, 0.717) is 17.3 Å². The van der Waals surface area contributed by atoms with Crippen molar-refractivity contribution in [3.8, 4) is 0 Å². The molecule has 1 heterocycles. The Bertz CT molecular complexity index is 584. The molecular weight excluding hydrogens is 262 g/mol. The lowest BCUT2D eigenvalue weighted by Crippen LogP contribution is -2.30. The van der Waals surface area contributed by atoms with Crippen molar-refractivity contribution in [1.82, 2.24) is 0 Å². The number of nitrogen functional groups attached to an aromatic ring is 1.